The van der Waals surface area contributed by atoms with Gasteiger partial charge in [0.25, 0.3) is 5.56 Å². The van der Waals surface area contributed by atoms with E-state index >= 15 is 0 Å². The zero-order chi connectivity index (χ0) is 14.5. The number of rotatable bonds is 5. The van der Waals surface area contributed by atoms with E-state index in [2.05, 4.69) is 12.0 Å². The number of ether oxygens (including phenoxy) is 1. The van der Waals surface area contributed by atoms with Crippen LogP contribution in [-0.2, 0) is 12.9 Å². The number of hydrogen-bond donors (Lipinski definition) is 0. The first-order valence-electron chi connectivity index (χ1n) is 6.52. The Kier molecular flexibility index (Phi) is 4.79. The van der Waals surface area contributed by atoms with Crippen LogP contribution < -0.4 is 10.3 Å². The Bertz CT molecular complexity index is 653. The van der Waals surface area contributed by atoms with Gasteiger partial charge < -0.3 is 4.74 Å². The van der Waals surface area contributed by atoms with Crippen molar-refractivity contribution in [2.45, 2.75) is 19.2 Å². The first-order valence-corrected chi connectivity index (χ1v) is 7.05. The number of aromatic nitrogens is 2. The van der Waals surface area contributed by atoms with Crippen molar-refractivity contribution in [2.24, 2.45) is 7.05 Å². The molecule has 2 rings (SSSR count). The van der Waals surface area contributed by atoms with E-state index in [9.17, 15) is 4.79 Å². The number of nitrogens with zero attached hydrogens (tertiary/aromatic N) is 2. The first-order chi connectivity index (χ1) is 9.65. The van der Waals surface area contributed by atoms with Crippen LogP contribution in [-0.4, -0.2) is 16.4 Å². The van der Waals surface area contributed by atoms with E-state index in [0.29, 0.717) is 17.9 Å². The van der Waals surface area contributed by atoms with Gasteiger partial charge in [0.2, 0.25) is 0 Å². The summed E-state index contributed by atoms with van der Waals surface area (Å²) in [5, 5.41) is 4.26. The van der Waals surface area contributed by atoms with E-state index < -0.39 is 0 Å². The molecule has 0 amide bonds. The van der Waals surface area contributed by atoms with Gasteiger partial charge in [0.1, 0.15) is 5.75 Å². The lowest BCUT2D eigenvalue weighted by atomic mass is 10.1. The van der Waals surface area contributed by atoms with Crippen molar-refractivity contribution in [3.63, 3.8) is 0 Å². The standard InChI is InChI=1S/C15H17ClN2O2/c1-3-7-20-13-6-4-5-11(8-13)14-9-12(10-16)15(19)18(2)17-14/h4-6,8-9H,3,7,10H2,1-2H3. The summed E-state index contributed by atoms with van der Waals surface area (Å²) in [6.45, 7) is 2.74. The second-order valence-corrected chi connectivity index (χ2v) is 4.76. The molecule has 2 aromatic rings. The Balaban J connectivity index is 2.41. The quantitative estimate of drug-likeness (QED) is 0.796. The second-order valence-electron chi connectivity index (χ2n) is 4.49. The molecule has 4 nitrogen and oxygen atoms in total. The van der Waals surface area contributed by atoms with E-state index in [1.807, 2.05) is 24.3 Å². The SMILES string of the molecule is CCCOc1cccc(-c2cc(CCl)c(=O)n(C)n2)c1. The molecule has 0 bridgehead atoms. The largest absolute Gasteiger partial charge is 0.494 e. The predicted octanol–water partition coefficient (Wildman–Crippen LogP) is 2.97. The Labute approximate surface area is 123 Å². The van der Waals surface area contributed by atoms with Gasteiger partial charge in [-0.25, -0.2) is 4.68 Å². The van der Waals surface area contributed by atoms with Crippen LogP contribution in [0.4, 0.5) is 0 Å². The van der Waals surface area contributed by atoms with Crippen LogP contribution in [0.2, 0.25) is 0 Å². The lowest BCUT2D eigenvalue weighted by Gasteiger charge is -2.08. The average Bonchev–Trinajstić information content (AvgIpc) is 2.48. The highest BCUT2D eigenvalue weighted by molar-refractivity contribution is 6.17. The van der Waals surface area contributed by atoms with Crippen molar-refractivity contribution >= 4 is 11.6 Å². The van der Waals surface area contributed by atoms with Crippen molar-refractivity contribution in [1.82, 2.24) is 9.78 Å². The number of alkyl halides is 1. The van der Waals surface area contributed by atoms with Gasteiger partial charge in [0, 0.05) is 18.2 Å². The molecule has 1 aromatic heterocycles. The van der Waals surface area contributed by atoms with Gasteiger partial charge in [-0.3, -0.25) is 4.79 Å². The molecule has 1 aromatic carbocycles. The summed E-state index contributed by atoms with van der Waals surface area (Å²) in [7, 11) is 1.62. The summed E-state index contributed by atoms with van der Waals surface area (Å²) in [5.74, 6) is 0.973. The first kappa shape index (κ1) is 14.6. The number of aryl methyl sites for hydroxylation is 1. The molecular formula is C15H17ClN2O2. The molecule has 0 unspecified atom stereocenters. The fraction of sp³-hybridized carbons (Fsp3) is 0.333. The molecule has 0 saturated carbocycles. The molecule has 0 aliphatic carbocycles. The molecule has 0 N–H and O–H groups in total. The fourth-order valence-corrected chi connectivity index (χ4v) is 2.06. The molecule has 20 heavy (non-hydrogen) atoms. The molecule has 1 heterocycles. The zero-order valence-corrected chi connectivity index (χ0v) is 12.4. The van der Waals surface area contributed by atoms with E-state index in [-0.39, 0.29) is 11.4 Å². The Morgan fingerprint density at radius 1 is 1.35 bits per heavy atom. The Morgan fingerprint density at radius 2 is 2.15 bits per heavy atom. The van der Waals surface area contributed by atoms with Crippen molar-refractivity contribution in [3.8, 4) is 17.0 Å². The third-order valence-corrected chi connectivity index (χ3v) is 3.17. The minimum Gasteiger partial charge on any atom is -0.494 e. The number of hydrogen-bond acceptors (Lipinski definition) is 3. The highest BCUT2D eigenvalue weighted by Crippen LogP contribution is 2.22. The number of benzene rings is 1. The maximum absolute atomic E-state index is 11.8. The molecule has 0 aliphatic heterocycles. The second kappa shape index (κ2) is 6.57. The molecule has 0 atom stereocenters. The van der Waals surface area contributed by atoms with Gasteiger partial charge in [-0.15, -0.1) is 11.6 Å². The van der Waals surface area contributed by atoms with Crippen LogP contribution in [0.25, 0.3) is 11.3 Å². The van der Waals surface area contributed by atoms with Gasteiger partial charge in [0.05, 0.1) is 18.2 Å². The van der Waals surface area contributed by atoms with Crippen LogP contribution in [0.15, 0.2) is 35.1 Å². The minimum absolute atomic E-state index is 0.165. The molecule has 0 radical (unpaired) electrons. The van der Waals surface area contributed by atoms with E-state index in [1.54, 1.807) is 13.1 Å². The lowest BCUT2D eigenvalue weighted by Crippen LogP contribution is -2.23. The maximum atomic E-state index is 11.8. The van der Waals surface area contributed by atoms with Crippen molar-refractivity contribution in [3.05, 3.63) is 46.2 Å². The van der Waals surface area contributed by atoms with Crippen molar-refractivity contribution in [2.75, 3.05) is 6.61 Å². The van der Waals surface area contributed by atoms with E-state index in [4.69, 9.17) is 16.3 Å². The average molecular weight is 293 g/mol. The molecular weight excluding hydrogens is 276 g/mol. The van der Waals surface area contributed by atoms with Gasteiger partial charge >= 0.3 is 0 Å². The molecule has 0 saturated heterocycles. The van der Waals surface area contributed by atoms with E-state index in [1.165, 1.54) is 4.68 Å². The Hall–Kier alpha value is -1.81. The summed E-state index contributed by atoms with van der Waals surface area (Å²) < 4.78 is 6.92. The summed E-state index contributed by atoms with van der Waals surface area (Å²) in [5.41, 5.74) is 1.99. The third-order valence-electron chi connectivity index (χ3n) is 2.88. The van der Waals surface area contributed by atoms with Gasteiger partial charge in [-0.1, -0.05) is 19.1 Å². The summed E-state index contributed by atoms with van der Waals surface area (Å²) in [6.07, 6.45) is 0.957. The fourth-order valence-electron chi connectivity index (χ4n) is 1.87. The van der Waals surface area contributed by atoms with E-state index in [0.717, 1.165) is 17.7 Å². The van der Waals surface area contributed by atoms with Crippen LogP contribution in [0.5, 0.6) is 5.75 Å². The zero-order valence-electron chi connectivity index (χ0n) is 11.6. The maximum Gasteiger partial charge on any atom is 0.270 e. The summed E-state index contributed by atoms with van der Waals surface area (Å²) >= 11 is 5.80. The molecule has 0 aliphatic rings. The lowest BCUT2D eigenvalue weighted by molar-refractivity contribution is 0.317. The molecule has 5 heteroatoms. The minimum atomic E-state index is -0.165. The highest BCUT2D eigenvalue weighted by Gasteiger charge is 2.08. The van der Waals surface area contributed by atoms with Gasteiger partial charge in [0.15, 0.2) is 0 Å². The predicted molar refractivity (Wildman–Crippen MR) is 80.3 cm³/mol. The molecule has 0 fully saturated rings. The van der Waals surface area contributed by atoms with Crippen molar-refractivity contribution in [1.29, 1.82) is 0 Å². The molecule has 0 spiro atoms. The molecule has 106 valence electrons. The monoisotopic (exact) mass is 292 g/mol. The van der Waals surface area contributed by atoms with Crippen LogP contribution in [0.3, 0.4) is 0 Å². The smallest absolute Gasteiger partial charge is 0.270 e. The van der Waals surface area contributed by atoms with Crippen LogP contribution in [0.1, 0.15) is 18.9 Å². The topological polar surface area (TPSA) is 44.1 Å². The highest BCUT2D eigenvalue weighted by atomic mass is 35.5. The third kappa shape index (κ3) is 3.20. The van der Waals surface area contributed by atoms with Gasteiger partial charge in [-0.05, 0) is 24.6 Å². The summed E-state index contributed by atoms with van der Waals surface area (Å²) in [6, 6.07) is 9.40. The normalized spacial score (nSPS) is 10.6. The van der Waals surface area contributed by atoms with Crippen LogP contribution in [0, 0.1) is 0 Å². The number of halogens is 1. The van der Waals surface area contributed by atoms with Gasteiger partial charge in [-0.2, -0.15) is 5.10 Å². The summed E-state index contributed by atoms with van der Waals surface area (Å²) in [4.78, 5) is 11.8. The van der Waals surface area contributed by atoms with Crippen LogP contribution >= 0.6 is 11.6 Å². The Morgan fingerprint density at radius 3 is 2.85 bits per heavy atom. The van der Waals surface area contributed by atoms with Crippen molar-refractivity contribution < 1.29 is 4.74 Å².